The van der Waals surface area contributed by atoms with Crippen molar-refractivity contribution in [2.45, 2.75) is 26.2 Å². The van der Waals surface area contributed by atoms with Crippen LogP contribution < -0.4 is 0 Å². The van der Waals surface area contributed by atoms with Crippen molar-refractivity contribution in [1.82, 2.24) is 0 Å². The van der Waals surface area contributed by atoms with E-state index in [1.54, 1.807) is 6.07 Å². The largest absolute Gasteiger partial charge is 0.466 e. The van der Waals surface area contributed by atoms with E-state index in [9.17, 15) is 9.59 Å². The van der Waals surface area contributed by atoms with Crippen molar-refractivity contribution >= 4 is 11.9 Å². The molecule has 0 heterocycles. The zero-order valence-corrected chi connectivity index (χ0v) is 8.12. The highest BCUT2D eigenvalue weighted by Crippen LogP contribution is 1.93. The average molecular weight is 199 g/mol. The molecule has 0 radical (unpaired) electrons. The van der Waals surface area contributed by atoms with E-state index < -0.39 is 5.97 Å². The molecule has 0 amide bonds. The lowest BCUT2D eigenvalue weighted by molar-refractivity contribution is -0.144. The Morgan fingerprint density at radius 3 is 2.29 bits per heavy atom. The quantitative estimate of drug-likeness (QED) is 0.466. The number of unbranched alkanes of at least 4 members (excludes halogenated alkanes) is 1. The zero-order valence-electron chi connectivity index (χ0n) is 8.12. The summed E-state index contributed by atoms with van der Waals surface area (Å²) in [4.78, 5) is 21.0. The summed E-state index contributed by atoms with van der Waals surface area (Å²) in [5.74, 6) is -0.827. The highest BCUT2D eigenvalue weighted by atomic mass is 16.5. The van der Waals surface area contributed by atoms with Crippen LogP contribution in [0.25, 0.3) is 0 Å². The predicted molar refractivity (Wildman–Crippen MR) is 47.1 cm³/mol. The van der Waals surface area contributed by atoms with E-state index in [4.69, 9.17) is 5.26 Å². The molecule has 0 atom stereocenters. The van der Waals surface area contributed by atoms with Gasteiger partial charge in [-0.05, 0) is 12.8 Å². The average Bonchev–Trinajstić information content (AvgIpc) is 2.11. The summed E-state index contributed by atoms with van der Waals surface area (Å²) >= 11 is 0. The molecule has 0 rings (SSSR count). The number of rotatable bonds is 6. The molecule has 0 aliphatic carbocycles. The molecule has 0 N–H and O–H groups in total. The topological polar surface area (TPSA) is 76.4 Å². The van der Waals surface area contributed by atoms with Gasteiger partial charge >= 0.3 is 11.9 Å². The Balaban J connectivity index is 3.18. The van der Waals surface area contributed by atoms with Crippen LogP contribution in [-0.2, 0) is 19.1 Å². The number of nitrogens with zero attached hydrogens (tertiary/aromatic N) is 1. The monoisotopic (exact) mass is 199 g/mol. The number of esters is 2. The third-order valence-electron chi connectivity index (χ3n) is 1.33. The number of carbonyl (C=O) groups is 2. The molecule has 0 aliphatic heterocycles. The van der Waals surface area contributed by atoms with E-state index in [0.717, 1.165) is 0 Å². The zero-order chi connectivity index (χ0) is 10.8. The lowest BCUT2D eigenvalue weighted by Crippen LogP contribution is -2.06. The molecule has 0 saturated heterocycles. The normalized spacial score (nSPS) is 8.86. The van der Waals surface area contributed by atoms with Gasteiger partial charge < -0.3 is 9.47 Å². The van der Waals surface area contributed by atoms with Crippen LogP contribution in [0.15, 0.2) is 0 Å². The standard InChI is InChI=1S/C9H13NO4/c1-8(11)13-6-2-3-7-14-9(12)4-5-10/h2-4,6-7H2,1H3. The summed E-state index contributed by atoms with van der Waals surface area (Å²) in [6.07, 6.45) is 1.06. The van der Waals surface area contributed by atoms with Gasteiger partial charge in [0.25, 0.3) is 0 Å². The number of hydrogen-bond acceptors (Lipinski definition) is 5. The Bertz CT molecular complexity index is 231. The molecule has 0 aromatic carbocycles. The molecule has 78 valence electrons. The SMILES string of the molecule is CC(=O)OCCCCOC(=O)CC#N. The first-order valence-corrected chi connectivity index (χ1v) is 4.32. The first-order chi connectivity index (χ1) is 6.66. The van der Waals surface area contributed by atoms with Crippen molar-refractivity contribution in [2.24, 2.45) is 0 Å². The van der Waals surface area contributed by atoms with E-state index in [0.29, 0.717) is 19.4 Å². The maximum atomic E-state index is 10.7. The van der Waals surface area contributed by atoms with Gasteiger partial charge in [-0.3, -0.25) is 9.59 Å². The summed E-state index contributed by atoms with van der Waals surface area (Å²) in [6, 6.07) is 1.69. The molecule has 0 bridgehead atoms. The van der Waals surface area contributed by atoms with Crippen LogP contribution >= 0.6 is 0 Å². The van der Waals surface area contributed by atoms with Gasteiger partial charge in [-0.2, -0.15) is 5.26 Å². The highest BCUT2D eigenvalue weighted by Gasteiger charge is 2.00. The van der Waals surface area contributed by atoms with Gasteiger partial charge in [-0.15, -0.1) is 0 Å². The third-order valence-corrected chi connectivity index (χ3v) is 1.33. The molecule has 0 saturated carbocycles. The molecule has 0 aromatic rings. The molecule has 0 fully saturated rings. The number of hydrogen-bond donors (Lipinski definition) is 0. The lowest BCUT2D eigenvalue weighted by atomic mass is 10.3. The van der Waals surface area contributed by atoms with Crippen LogP contribution in [0.1, 0.15) is 26.2 Å². The van der Waals surface area contributed by atoms with E-state index in [2.05, 4.69) is 9.47 Å². The van der Waals surface area contributed by atoms with Crippen molar-refractivity contribution < 1.29 is 19.1 Å². The van der Waals surface area contributed by atoms with E-state index in [1.165, 1.54) is 6.92 Å². The molecule has 5 heteroatoms. The molecule has 0 unspecified atom stereocenters. The van der Waals surface area contributed by atoms with Crippen molar-refractivity contribution in [3.63, 3.8) is 0 Å². The van der Waals surface area contributed by atoms with Gasteiger partial charge in [0.1, 0.15) is 6.42 Å². The molecule has 0 aliphatic rings. The molecular formula is C9H13NO4. The summed E-state index contributed by atoms with van der Waals surface area (Å²) in [7, 11) is 0. The molecule has 0 spiro atoms. The van der Waals surface area contributed by atoms with Gasteiger partial charge in [0.2, 0.25) is 0 Å². The first kappa shape index (κ1) is 12.4. The van der Waals surface area contributed by atoms with E-state index >= 15 is 0 Å². The van der Waals surface area contributed by atoms with E-state index in [-0.39, 0.29) is 19.0 Å². The maximum absolute atomic E-state index is 10.7. The Morgan fingerprint density at radius 2 is 1.79 bits per heavy atom. The number of nitriles is 1. The summed E-state index contributed by atoms with van der Waals surface area (Å²) in [6.45, 7) is 1.94. The second-order valence-corrected chi connectivity index (χ2v) is 2.60. The predicted octanol–water partition coefficient (Wildman–Crippen LogP) is 0.787. The van der Waals surface area contributed by atoms with Crippen molar-refractivity contribution in [3.05, 3.63) is 0 Å². The second-order valence-electron chi connectivity index (χ2n) is 2.60. The number of carbonyl (C=O) groups excluding carboxylic acids is 2. The van der Waals surface area contributed by atoms with Gasteiger partial charge in [-0.25, -0.2) is 0 Å². The molecular weight excluding hydrogens is 186 g/mol. The Hall–Kier alpha value is -1.57. The van der Waals surface area contributed by atoms with Crippen LogP contribution in [-0.4, -0.2) is 25.2 Å². The van der Waals surface area contributed by atoms with Crippen molar-refractivity contribution in [3.8, 4) is 6.07 Å². The lowest BCUT2D eigenvalue weighted by Gasteiger charge is -2.02. The fourth-order valence-corrected chi connectivity index (χ4v) is 0.722. The smallest absolute Gasteiger partial charge is 0.320 e. The second kappa shape index (κ2) is 8.05. The molecule has 0 aromatic heterocycles. The van der Waals surface area contributed by atoms with Gasteiger partial charge in [0.05, 0.1) is 19.3 Å². The third kappa shape index (κ3) is 8.53. The van der Waals surface area contributed by atoms with Crippen LogP contribution in [0.5, 0.6) is 0 Å². The Labute approximate surface area is 82.6 Å². The van der Waals surface area contributed by atoms with Gasteiger partial charge in [0, 0.05) is 6.92 Å². The fourth-order valence-electron chi connectivity index (χ4n) is 0.722. The van der Waals surface area contributed by atoms with Crippen LogP contribution in [0.2, 0.25) is 0 Å². The highest BCUT2D eigenvalue weighted by molar-refractivity contribution is 5.71. The van der Waals surface area contributed by atoms with E-state index in [1.807, 2.05) is 0 Å². The first-order valence-electron chi connectivity index (χ1n) is 4.32. The van der Waals surface area contributed by atoms with Crippen LogP contribution in [0, 0.1) is 11.3 Å². The van der Waals surface area contributed by atoms with Crippen LogP contribution in [0.4, 0.5) is 0 Å². The van der Waals surface area contributed by atoms with Crippen molar-refractivity contribution in [1.29, 1.82) is 5.26 Å². The summed E-state index contributed by atoms with van der Waals surface area (Å²) in [5.41, 5.74) is 0. The summed E-state index contributed by atoms with van der Waals surface area (Å²) in [5, 5.41) is 8.13. The minimum Gasteiger partial charge on any atom is -0.466 e. The Kier molecular flexibility index (Phi) is 7.15. The van der Waals surface area contributed by atoms with Gasteiger partial charge in [0.15, 0.2) is 0 Å². The van der Waals surface area contributed by atoms with Gasteiger partial charge in [-0.1, -0.05) is 0 Å². The molecule has 5 nitrogen and oxygen atoms in total. The summed E-state index contributed by atoms with van der Waals surface area (Å²) < 4.78 is 9.35. The van der Waals surface area contributed by atoms with Crippen molar-refractivity contribution in [2.75, 3.05) is 13.2 Å². The maximum Gasteiger partial charge on any atom is 0.320 e. The minimum absolute atomic E-state index is 0.218. The van der Waals surface area contributed by atoms with Crippen LogP contribution in [0.3, 0.4) is 0 Å². The number of ether oxygens (including phenoxy) is 2. The molecule has 14 heavy (non-hydrogen) atoms. The fraction of sp³-hybridized carbons (Fsp3) is 0.667. The minimum atomic E-state index is -0.514. The Morgan fingerprint density at radius 1 is 1.21 bits per heavy atom.